The van der Waals surface area contributed by atoms with Crippen LogP contribution in [0.5, 0.6) is 0 Å². The van der Waals surface area contributed by atoms with E-state index in [4.69, 9.17) is 11.6 Å². The first-order valence-electron chi connectivity index (χ1n) is 6.33. The minimum Gasteiger partial charge on any atom is -0.348 e. The molecule has 0 fully saturated rings. The molecule has 0 spiro atoms. The number of hydrogen-bond acceptors (Lipinski definition) is 2. The highest BCUT2D eigenvalue weighted by molar-refractivity contribution is 7.98. The average molecular weight is 288 g/mol. The number of unbranched alkanes of at least 4 members (excludes halogenated alkanes) is 1. The van der Waals surface area contributed by atoms with Crippen molar-refractivity contribution in [2.75, 3.05) is 12.0 Å². The highest BCUT2D eigenvalue weighted by Crippen LogP contribution is 2.19. The molecule has 0 saturated carbocycles. The number of ketones is 1. The number of rotatable bonds is 7. The van der Waals surface area contributed by atoms with E-state index in [-0.39, 0.29) is 5.78 Å². The number of thioether (sulfide) groups is 1. The van der Waals surface area contributed by atoms with Crippen LogP contribution in [0.15, 0.2) is 6.07 Å². The first-order chi connectivity index (χ1) is 8.49. The molecule has 1 aromatic heterocycles. The van der Waals surface area contributed by atoms with Gasteiger partial charge in [-0.05, 0) is 51.7 Å². The fraction of sp³-hybridized carbons (Fsp3) is 0.643. The molecule has 102 valence electrons. The summed E-state index contributed by atoms with van der Waals surface area (Å²) in [5.41, 5.74) is 2.98. The number of carbonyl (C=O) groups is 1. The number of Topliss-reactive ketones (excluding diaryl/α,β-unsaturated/α-hetero) is 1. The van der Waals surface area contributed by atoms with Gasteiger partial charge in [0.15, 0.2) is 5.78 Å². The van der Waals surface area contributed by atoms with Crippen LogP contribution in [0.2, 0.25) is 0 Å². The Morgan fingerprint density at radius 2 is 2.11 bits per heavy atom. The number of halogens is 1. The van der Waals surface area contributed by atoms with Crippen LogP contribution in [0.3, 0.4) is 0 Å². The van der Waals surface area contributed by atoms with Gasteiger partial charge in [0.25, 0.3) is 0 Å². The molecule has 0 amide bonds. The zero-order valence-corrected chi connectivity index (χ0v) is 13.2. The van der Waals surface area contributed by atoms with E-state index in [2.05, 4.69) is 17.7 Å². The summed E-state index contributed by atoms with van der Waals surface area (Å²) in [6.45, 7) is 6.78. The molecule has 18 heavy (non-hydrogen) atoms. The Morgan fingerprint density at radius 1 is 1.44 bits per heavy atom. The molecular weight excluding hydrogens is 266 g/mol. The van der Waals surface area contributed by atoms with E-state index in [1.165, 1.54) is 12.2 Å². The van der Waals surface area contributed by atoms with E-state index >= 15 is 0 Å². The summed E-state index contributed by atoms with van der Waals surface area (Å²) in [5, 5.41) is -0.449. The maximum absolute atomic E-state index is 12.0. The van der Waals surface area contributed by atoms with Crippen molar-refractivity contribution in [3.63, 3.8) is 0 Å². The molecule has 1 unspecified atom stereocenters. The molecule has 0 radical (unpaired) electrons. The highest BCUT2D eigenvalue weighted by Gasteiger charge is 2.18. The Morgan fingerprint density at radius 3 is 2.67 bits per heavy atom. The summed E-state index contributed by atoms with van der Waals surface area (Å²) >= 11 is 7.76. The number of aryl methyl sites for hydroxylation is 1. The SMILES string of the molecule is CSCCCCn1c(C)cc(C(=O)C(C)Cl)c1C. The molecular formula is C14H22ClNOS. The molecule has 1 rings (SSSR count). The number of hydrogen-bond donors (Lipinski definition) is 0. The van der Waals surface area contributed by atoms with E-state index in [0.717, 1.165) is 29.9 Å². The molecule has 1 heterocycles. The molecule has 2 nitrogen and oxygen atoms in total. The fourth-order valence-electron chi connectivity index (χ4n) is 2.13. The van der Waals surface area contributed by atoms with Crippen molar-refractivity contribution in [1.29, 1.82) is 0 Å². The summed E-state index contributed by atoms with van der Waals surface area (Å²) in [5.74, 6) is 1.23. The van der Waals surface area contributed by atoms with Crippen LogP contribution in [0.4, 0.5) is 0 Å². The standard InChI is InChI=1S/C14H22ClNOS/c1-10-9-13(14(17)11(2)15)12(3)16(10)7-5-6-8-18-4/h9,11H,5-8H2,1-4H3. The molecule has 1 aromatic rings. The fourth-order valence-corrected chi connectivity index (χ4v) is 2.74. The van der Waals surface area contributed by atoms with Crippen LogP contribution < -0.4 is 0 Å². The Kier molecular flexibility index (Phi) is 6.30. The molecule has 0 aliphatic carbocycles. The summed E-state index contributed by atoms with van der Waals surface area (Å²) in [6, 6.07) is 1.96. The van der Waals surface area contributed by atoms with Crippen LogP contribution in [0, 0.1) is 13.8 Å². The molecule has 0 aliphatic rings. The number of aromatic nitrogens is 1. The van der Waals surface area contributed by atoms with Gasteiger partial charge in [-0.2, -0.15) is 11.8 Å². The van der Waals surface area contributed by atoms with Crippen LogP contribution in [0.25, 0.3) is 0 Å². The molecule has 0 bridgehead atoms. The van der Waals surface area contributed by atoms with Gasteiger partial charge in [0, 0.05) is 23.5 Å². The van der Waals surface area contributed by atoms with Crippen LogP contribution in [0.1, 0.15) is 41.5 Å². The zero-order valence-electron chi connectivity index (χ0n) is 11.6. The monoisotopic (exact) mass is 287 g/mol. The second-order valence-electron chi connectivity index (χ2n) is 4.62. The Balaban J connectivity index is 2.78. The van der Waals surface area contributed by atoms with Crippen LogP contribution >= 0.6 is 23.4 Å². The highest BCUT2D eigenvalue weighted by atomic mass is 35.5. The number of nitrogens with zero attached hydrogens (tertiary/aromatic N) is 1. The average Bonchev–Trinajstić information content (AvgIpc) is 2.60. The van der Waals surface area contributed by atoms with Gasteiger partial charge in [0.05, 0.1) is 5.38 Å². The first-order valence-corrected chi connectivity index (χ1v) is 8.16. The van der Waals surface area contributed by atoms with Crippen molar-refractivity contribution >= 4 is 29.1 Å². The lowest BCUT2D eigenvalue weighted by Crippen LogP contribution is -2.12. The van der Waals surface area contributed by atoms with Crippen molar-refractivity contribution < 1.29 is 4.79 Å². The minimum absolute atomic E-state index is 0.0279. The zero-order chi connectivity index (χ0) is 13.7. The van der Waals surface area contributed by atoms with Crippen molar-refractivity contribution in [3.8, 4) is 0 Å². The summed E-state index contributed by atoms with van der Waals surface area (Å²) in [6.07, 6.45) is 4.50. The third-order valence-electron chi connectivity index (χ3n) is 3.18. The minimum atomic E-state index is -0.449. The van der Waals surface area contributed by atoms with Gasteiger partial charge in [-0.1, -0.05) is 0 Å². The number of alkyl halides is 1. The quantitative estimate of drug-likeness (QED) is 0.429. The predicted octanol–water partition coefficient (Wildman–Crippen LogP) is 4.06. The largest absolute Gasteiger partial charge is 0.348 e. The Hall–Kier alpha value is -0.410. The van der Waals surface area contributed by atoms with Crippen molar-refractivity contribution in [3.05, 3.63) is 23.0 Å². The smallest absolute Gasteiger partial charge is 0.182 e. The molecule has 0 aromatic carbocycles. The third-order valence-corrected chi connectivity index (χ3v) is 4.08. The van der Waals surface area contributed by atoms with Gasteiger partial charge in [-0.25, -0.2) is 0 Å². The molecule has 1 atom stereocenters. The van der Waals surface area contributed by atoms with Crippen LogP contribution in [-0.2, 0) is 6.54 Å². The maximum atomic E-state index is 12.0. The maximum Gasteiger partial charge on any atom is 0.182 e. The van der Waals surface area contributed by atoms with Crippen molar-refractivity contribution in [2.45, 2.75) is 45.5 Å². The Bertz CT molecular complexity index is 412. The first kappa shape index (κ1) is 15.6. The lowest BCUT2D eigenvalue weighted by Gasteiger charge is -2.09. The third kappa shape index (κ3) is 3.79. The van der Waals surface area contributed by atoms with E-state index < -0.39 is 5.38 Å². The number of carbonyl (C=O) groups excluding carboxylic acids is 1. The summed E-state index contributed by atoms with van der Waals surface area (Å²) < 4.78 is 2.23. The normalized spacial score (nSPS) is 12.7. The van der Waals surface area contributed by atoms with E-state index in [0.29, 0.717) is 0 Å². The van der Waals surface area contributed by atoms with E-state index in [9.17, 15) is 4.79 Å². The topological polar surface area (TPSA) is 22.0 Å². The van der Waals surface area contributed by atoms with E-state index in [1.54, 1.807) is 6.92 Å². The van der Waals surface area contributed by atoms with Crippen molar-refractivity contribution in [2.24, 2.45) is 0 Å². The van der Waals surface area contributed by atoms with Gasteiger partial charge >= 0.3 is 0 Å². The van der Waals surface area contributed by atoms with Gasteiger partial charge in [0.1, 0.15) is 0 Å². The second kappa shape index (κ2) is 7.25. The van der Waals surface area contributed by atoms with Gasteiger partial charge in [-0.3, -0.25) is 4.79 Å². The molecule has 0 saturated heterocycles. The second-order valence-corrected chi connectivity index (χ2v) is 6.26. The molecule has 0 aliphatic heterocycles. The molecule has 4 heteroatoms. The van der Waals surface area contributed by atoms with Gasteiger partial charge in [-0.15, -0.1) is 11.6 Å². The summed E-state index contributed by atoms with van der Waals surface area (Å²) in [7, 11) is 0. The Labute approximate surface area is 119 Å². The van der Waals surface area contributed by atoms with Gasteiger partial charge < -0.3 is 4.57 Å². The van der Waals surface area contributed by atoms with Gasteiger partial charge in [0.2, 0.25) is 0 Å². The van der Waals surface area contributed by atoms with E-state index in [1.807, 2.05) is 24.8 Å². The lowest BCUT2D eigenvalue weighted by atomic mass is 10.1. The summed E-state index contributed by atoms with van der Waals surface area (Å²) in [4.78, 5) is 12.0. The predicted molar refractivity (Wildman–Crippen MR) is 81.2 cm³/mol. The lowest BCUT2D eigenvalue weighted by molar-refractivity contribution is 0.0991. The molecule has 0 N–H and O–H groups in total. The van der Waals surface area contributed by atoms with Crippen LogP contribution in [-0.4, -0.2) is 27.7 Å². The van der Waals surface area contributed by atoms with Crippen molar-refractivity contribution in [1.82, 2.24) is 4.57 Å².